The molecular formula is C17H24N4O2. The average molecular weight is 316 g/mol. The molecule has 0 spiro atoms. The molecule has 1 fully saturated rings. The van der Waals surface area contributed by atoms with Crippen LogP contribution in [-0.4, -0.2) is 57.9 Å². The summed E-state index contributed by atoms with van der Waals surface area (Å²) in [5, 5.41) is 0. The molecule has 2 aromatic heterocycles. The molecular weight excluding hydrogens is 292 g/mol. The minimum absolute atomic E-state index is 0.113. The monoisotopic (exact) mass is 316 g/mol. The van der Waals surface area contributed by atoms with E-state index >= 15 is 0 Å². The normalized spacial score (nSPS) is 21.4. The van der Waals surface area contributed by atoms with Crippen LogP contribution in [-0.2, 0) is 16.0 Å². The van der Waals surface area contributed by atoms with Crippen LogP contribution in [0.15, 0.2) is 37.1 Å². The van der Waals surface area contributed by atoms with Gasteiger partial charge in [0.1, 0.15) is 12.1 Å². The van der Waals surface area contributed by atoms with Gasteiger partial charge in [-0.1, -0.05) is 6.07 Å². The first-order valence-corrected chi connectivity index (χ1v) is 7.88. The van der Waals surface area contributed by atoms with Crippen LogP contribution in [0.3, 0.4) is 0 Å². The van der Waals surface area contributed by atoms with Crippen molar-refractivity contribution in [2.75, 3.05) is 26.8 Å². The molecule has 0 unspecified atom stereocenters. The predicted molar refractivity (Wildman–Crippen MR) is 87.5 cm³/mol. The van der Waals surface area contributed by atoms with Crippen LogP contribution in [0.1, 0.15) is 19.4 Å². The van der Waals surface area contributed by atoms with Crippen molar-refractivity contribution in [1.82, 2.24) is 19.4 Å². The van der Waals surface area contributed by atoms with Crippen LogP contribution in [0.5, 0.6) is 0 Å². The molecule has 0 aliphatic carbocycles. The lowest BCUT2D eigenvalue weighted by Crippen LogP contribution is -2.53. The third kappa shape index (κ3) is 4.16. The van der Waals surface area contributed by atoms with E-state index in [-0.39, 0.29) is 11.7 Å². The summed E-state index contributed by atoms with van der Waals surface area (Å²) in [6, 6.07) is 4.14. The van der Waals surface area contributed by atoms with Crippen LogP contribution >= 0.6 is 0 Å². The number of hydrogen-bond donors (Lipinski definition) is 0. The Morgan fingerprint density at radius 3 is 2.91 bits per heavy atom. The fourth-order valence-electron chi connectivity index (χ4n) is 3.13. The summed E-state index contributed by atoms with van der Waals surface area (Å²) in [6.07, 6.45) is 7.44. The van der Waals surface area contributed by atoms with Crippen molar-refractivity contribution in [2.24, 2.45) is 0 Å². The Labute approximate surface area is 137 Å². The van der Waals surface area contributed by atoms with Gasteiger partial charge in [-0.2, -0.15) is 0 Å². The smallest absolute Gasteiger partial charge is 0.137 e. The molecule has 124 valence electrons. The number of hydrogen-bond acceptors (Lipinski definition) is 5. The van der Waals surface area contributed by atoms with Crippen LogP contribution in [0.2, 0.25) is 0 Å². The van der Waals surface area contributed by atoms with Crippen LogP contribution in [0.25, 0.3) is 5.82 Å². The molecule has 0 amide bonds. The lowest BCUT2D eigenvalue weighted by Gasteiger charge is -2.42. The second kappa shape index (κ2) is 6.78. The van der Waals surface area contributed by atoms with E-state index in [0.29, 0.717) is 6.61 Å². The van der Waals surface area contributed by atoms with Gasteiger partial charge in [-0.15, -0.1) is 0 Å². The summed E-state index contributed by atoms with van der Waals surface area (Å²) in [5.74, 6) is 0.880. The molecule has 0 N–H and O–H groups in total. The lowest BCUT2D eigenvalue weighted by molar-refractivity contribution is -0.154. The fourth-order valence-corrected chi connectivity index (χ4v) is 3.13. The fraction of sp³-hybridized carbons (Fsp3) is 0.529. The molecule has 3 heterocycles. The van der Waals surface area contributed by atoms with Crippen molar-refractivity contribution in [1.29, 1.82) is 0 Å². The Morgan fingerprint density at radius 1 is 1.39 bits per heavy atom. The van der Waals surface area contributed by atoms with Gasteiger partial charge in [0, 0.05) is 45.3 Å². The number of morpholine rings is 1. The standard InChI is InChI=1S/C17H24N4O2/c1-17(2)12-20(10-15(23-17)11-22-3)9-14-4-5-16(19-8-14)21-7-6-18-13-21/h4-8,13,15H,9-12H2,1-3H3/t15-/m1/s1. The number of pyridine rings is 1. The zero-order valence-electron chi connectivity index (χ0n) is 14.0. The maximum absolute atomic E-state index is 6.06. The van der Waals surface area contributed by atoms with E-state index in [2.05, 4.69) is 34.8 Å². The molecule has 0 bridgehead atoms. The zero-order valence-corrected chi connectivity index (χ0v) is 14.0. The molecule has 3 rings (SSSR count). The second-order valence-corrected chi connectivity index (χ2v) is 6.62. The van der Waals surface area contributed by atoms with E-state index in [0.717, 1.165) is 25.5 Å². The largest absolute Gasteiger partial charge is 0.382 e. The predicted octanol–water partition coefficient (Wildman–Crippen LogP) is 1.89. The van der Waals surface area contributed by atoms with Crippen LogP contribution in [0.4, 0.5) is 0 Å². The summed E-state index contributed by atoms with van der Waals surface area (Å²) < 4.78 is 13.2. The highest BCUT2D eigenvalue weighted by Crippen LogP contribution is 2.22. The zero-order chi connectivity index (χ0) is 16.3. The summed E-state index contributed by atoms with van der Waals surface area (Å²) in [7, 11) is 1.72. The van der Waals surface area contributed by atoms with Crippen molar-refractivity contribution >= 4 is 0 Å². The van der Waals surface area contributed by atoms with Crippen molar-refractivity contribution in [3.8, 4) is 5.82 Å². The van der Waals surface area contributed by atoms with Gasteiger partial charge >= 0.3 is 0 Å². The second-order valence-electron chi connectivity index (χ2n) is 6.62. The molecule has 23 heavy (non-hydrogen) atoms. The van der Waals surface area contributed by atoms with Crippen molar-refractivity contribution < 1.29 is 9.47 Å². The van der Waals surface area contributed by atoms with Gasteiger partial charge in [0.2, 0.25) is 0 Å². The molecule has 0 saturated carbocycles. The third-order valence-electron chi connectivity index (χ3n) is 3.89. The first-order chi connectivity index (χ1) is 11.1. The average Bonchev–Trinajstić information content (AvgIpc) is 3.01. The Balaban J connectivity index is 1.66. The van der Waals surface area contributed by atoms with Gasteiger partial charge in [-0.3, -0.25) is 9.47 Å². The van der Waals surface area contributed by atoms with Gasteiger partial charge in [-0.05, 0) is 25.5 Å². The minimum Gasteiger partial charge on any atom is -0.382 e. The van der Waals surface area contributed by atoms with Gasteiger partial charge in [0.25, 0.3) is 0 Å². The molecule has 1 atom stereocenters. The third-order valence-corrected chi connectivity index (χ3v) is 3.89. The molecule has 1 saturated heterocycles. The van der Waals surface area contributed by atoms with E-state index in [1.54, 1.807) is 19.6 Å². The topological polar surface area (TPSA) is 52.4 Å². The Kier molecular flexibility index (Phi) is 4.75. The van der Waals surface area contributed by atoms with E-state index in [4.69, 9.17) is 9.47 Å². The lowest BCUT2D eigenvalue weighted by atomic mass is 10.0. The first-order valence-electron chi connectivity index (χ1n) is 7.88. The highest BCUT2D eigenvalue weighted by atomic mass is 16.5. The van der Waals surface area contributed by atoms with E-state index in [1.807, 2.05) is 23.0 Å². The molecule has 0 radical (unpaired) electrons. The maximum atomic E-state index is 6.06. The van der Waals surface area contributed by atoms with Gasteiger partial charge in [0.15, 0.2) is 0 Å². The Hall–Kier alpha value is -1.76. The summed E-state index contributed by atoms with van der Waals surface area (Å²) in [6.45, 7) is 7.52. The highest BCUT2D eigenvalue weighted by molar-refractivity contribution is 5.25. The summed E-state index contributed by atoms with van der Waals surface area (Å²) in [5.41, 5.74) is 1.04. The minimum atomic E-state index is -0.161. The molecule has 2 aromatic rings. The maximum Gasteiger partial charge on any atom is 0.137 e. The Morgan fingerprint density at radius 2 is 2.26 bits per heavy atom. The van der Waals surface area contributed by atoms with Crippen molar-refractivity contribution in [2.45, 2.75) is 32.1 Å². The number of rotatable bonds is 5. The molecule has 1 aliphatic heterocycles. The summed E-state index contributed by atoms with van der Waals surface area (Å²) in [4.78, 5) is 11.0. The highest BCUT2D eigenvalue weighted by Gasteiger charge is 2.33. The van der Waals surface area contributed by atoms with Gasteiger partial charge < -0.3 is 9.47 Å². The van der Waals surface area contributed by atoms with Gasteiger partial charge in [-0.25, -0.2) is 9.97 Å². The Bertz CT molecular complexity index is 610. The van der Waals surface area contributed by atoms with E-state index in [9.17, 15) is 0 Å². The molecule has 0 aromatic carbocycles. The first kappa shape index (κ1) is 16.1. The van der Waals surface area contributed by atoms with E-state index in [1.165, 1.54) is 5.56 Å². The SMILES string of the molecule is COC[C@H]1CN(Cc2ccc(-n3ccnc3)nc2)CC(C)(C)O1. The number of imidazole rings is 1. The van der Waals surface area contributed by atoms with E-state index < -0.39 is 0 Å². The molecule has 6 nitrogen and oxygen atoms in total. The molecule has 6 heteroatoms. The van der Waals surface area contributed by atoms with Crippen molar-refractivity contribution in [3.05, 3.63) is 42.6 Å². The van der Waals surface area contributed by atoms with Crippen LogP contribution < -0.4 is 0 Å². The number of methoxy groups -OCH3 is 1. The number of ether oxygens (including phenoxy) is 2. The summed E-state index contributed by atoms with van der Waals surface area (Å²) >= 11 is 0. The quantitative estimate of drug-likeness (QED) is 0.843. The van der Waals surface area contributed by atoms with Gasteiger partial charge in [0.05, 0.1) is 18.3 Å². The van der Waals surface area contributed by atoms with Crippen molar-refractivity contribution in [3.63, 3.8) is 0 Å². The number of aromatic nitrogens is 3. The number of nitrogens with zero attached hydrogens (tertiary/aromatic N) is 4. The van der Waals surface area contributed by atoms with Crippen LogP contribution in [0, 0.1) is 0 Å². The molecule has 1 aliphatic rings.